The topological polar surface area (TPSA) is 41.5 Å². The fourth-order valence-electron chi connectivity index (χ4n) is 0.565. The minimum atomic E-state index is 0. The Balaban J connectivity index is 0.000000810. The van der Waals surface area contributed by atoms with Gasteiger partial charge in [-0.25, -0.2) is 5.43 Å². The summed E-state index contributed by atoms with van der Waals surface area (Å²) in [4.78, 5) is 9.61. The van der Waals surface area contributed by atoms with Crippen molar-refractivity contribution in [3.05, 3.63) is 35.2 Å². The van der Waals surface area contributed by atoms with Crippen molar-refractivity contribution in [2.45, 2.75) is 0 Å². The standard InChI is InChI=1S/C6H6N2O.Cu/c9-8-7-6-4-2-1-3-5-6;/h1-5H,(H,7,9);. The van der Waals surface area contributed by atoms with Gasteiger partial charge in [-0.1, -0.05) is 18.2 Å². The maximum absolute atomic E-state index is 9.61. The second-order valence-corrected chi connectivity index (χ2v) is 1.57. The fourth-order valence-corrected chi connectivity index (χ4v) is 0.565. The van der Waals surface area contributed by atoms with Gasteiger partial charge in [-0.2, -0.15) is 0 Å². The molecule has 0 amide bonds. The summed E-state index contributed by atoms with van der Waals surface area (Å²) in [7, 11) is 0. The van der Waals surface area contributed by atoms with Crippen LogP contribution in [0, 0.1) is 4.91 Å². The molecule has 1 radical (unpaired) electrons. The molecule has 57 valence electrons. The Kier molecular flexibility index (Phi) is 4.54. The molecule has 0 aliphatic rings. The summed E-state index contributed by atoms with van der Waals surface area (Å²) in [6.45, 7) is 0. The Morgan fingerprint density at radius 1 is 1.20 bits per heavy atom. The third-order valence-corrected chi connectivity index (χ3v) is 0.949. The first-order chi connectivity index (χ1) is 4.43. The number of benzene rings is 1. The fraction of sp³-hybridized carbons (Fsp3) is 0. The van der Waals surface area contributed by atoms with Gasteiger partial charge in [-0.3, -0.25) is 0 Å². The Bertz CT molecular complexity index is 190. The summed E-state index contributed by atoms with van der Waals surface area (Å²) in [6, 6.07) is 9.06. The molecule has 0 aliphatic heterocycles. The molecular weight excluding hydrogens is 180 g/mol. The quantitative estimate of drug-likeness (QED) is 0.434. The largest absolute Gasteiger partial charge is 0.242 e. The smallest absolute Gasteiger partial charge is 0.0594 e. The minimum Gasteiger partial charge on any atom is -0.242 e. The monoisotopic (exact) mass is 185 g/mol. The molecule has 0 atom stereocenters. The van der Waals surface area contributed by atoms with Crippen LogP contribution in [0.2, 0.25) is 0 Å². The zero-order valence-corrected chi connectivity index (χ0v) is 5.99. The number of nitrogens with one attached hydrogen (secondary N) is 1. The molecule has 0 aromatic heterocycles. The number of nitrogens with zero attached hydrogens (tertiary/aromatic N) is 1. The molecule has 0 unspecified atom stereocenters. The van der Waals surface area contributed by atoms with Gasteiger partial charge >= 0.3 is 0 Å². The van der Waals surface area contributed by atoms with Crippen LogP contribution in [0.3, 0.4) is 0 Å². The zero-order valence-electron chi connectivity index (χ0n) is 5.04. The van der Waals surface area contributed by atoms with Crippen molar-refractivity contribution in [3.63, 3.8) is 0 Å². The SMILES string of the molecule is O=NNc1ccccc1.[Cu]. The number of hydrogen-bond acceptors (Lipinski definition) is 2. The van der Waals surface area contributed by atoms with Gasteiger partial charge in [0.1, 0.15) is 0 Å². The normalized spacial score (nSPS) is 7.60. The van der Waals surface area contributed by atoms with Crippen LogP contribution >= 0.6 is 0 Å². The van der Waals surface area contributed by atoms with Crippen molar-refractivity contribution in [3.8, 4) is 0 Å². The van der Waals surface area contributed by atoms with Gasteiger partial charge in [0.15, 0.2) is 0 Å². The Morgan fingerprint density at radius 2 is 1.80 bits per heavy atom. The van der Waals surface area contributed by atoms with Crippen LogP contribution < -0.4 is 5.43 Å². The number of hydrogen-bond donors (Lipinski definition) is 1. The maximum atomic E-state index is 9.61. The van der Waals surface area contributed by atoms with Crippen LogP contribution in [0.15, 0.2) is 35.6 Å². The van der Waals surface area contributed by atoms with E-state index in [1.54, 1.807) is 12.1 Å². The molecular formula is C6H6CuN2O. The van der Waals surface area contributed by atoms with Gasteiger partial charge in [0.2, 0.25) is 0 Å². The molecule has 0 bridgehead atoms. The third-order valence-electron chi connectivity index (χ3n) is 0.949. The summed E-state index contributed by atoms with van der Waals surface area (Å²) in [5, 5.41) is 2.51. The van der Waals surface area contributed by atoms with E-state index in [0.717, 1.165) is 0 Å². The van der Waals surface area contributed by atoms with E-state index in [1.807, 2.05) is 18.2 Å². The van der Waals surface area contributed by atoms with E-state index in [0.29, 0.717) is 5.69 Å². The van der Waals surface area contributed by atoms with Gasteiger partial charge < -0.3 is 0 Å². The summed E-state index contributed by atoms with van der Waals surface area (Å²) in [6.07, 6.45) is 0. The Hall–Kier alpha value is -0.861. The molecule has 0 spiro atoms. The molecule has 0 saturated heterocycles. The second kappa shape index (κ2) is 4.97. The second-order valence-electron chi connectivity index (χ2n) is 1.57. The van der Waals surface area contributed by atoms with E-state index in [4.69, 9.17) is 0 Å². The molecule has 4 heteroatoms. The van der Waals surface area contributed by atoms with Crippen LogP contribution in [-0.4, -0.2) is 0 Å². The van der Waals surface area contributed by atoms with E-state index < -0.39 is 0 Å². The molecule has 0 aliphatic carbocycles. The average molecular weight is 186 g/mol. The Morgan fingerprint density at radius 3 is 2.30 bits per heavy atom. The van der Waals surface area contributed by atoms with Gasteiger partial charge in [-0.15, -0.1) is 4.91 Å². The molecule has 0 saturated carbocycles. The number of nitroso groups, excluding NO2 is 1. The summed E-state index contributed by atoms with van der Waals surface area (Å²) >= 11 is 0. The van der Waals surface area contributed by atoms with Crippen LogP contribution in [0.1, 0.15) is 0 Å². The molecule has 10 heavy (non-hydrogen) atoms. The molecule has 1 N–H and O–H groups in total. The number of rotatable bonds is 2. The first-order valence-corrected chi connectivity index (χ1v) is 2.57. The van der Waals surface area contributed by atoms with E-state index in [2.05, 4.69) is 10.7 Å². The number of para-hydroxylation sites is 1. The van der Waals surface area contributed by atoms with Crippen molar-refractivity contribution < 1.29 is 17.1 Å². The first-order valence-electron chi connectivity index (χ1n) is 2.57. The molecule has 1 aromatic carbocycles. The van der Waals surface area contributed by atoms with Crippen LogP contribution in [0.4, 0.5) is 5.69 Å². The van der Waals surface area contributed by atoms with Crippen molar-refractivity contribution in [1.29, 1.82) is 0 Å². The summed E-state index contributed by atoms with van der Waals surface area (Å²) in [5.74, 6) is 0. The maximum Gasteiger partial charge on any atom is 0.0594 e. The summed E-state index contributed by atoms with van der Waals surface area (Å²) in [5.41, 5.74) is 2.99. The minimum absolute atomic E-state index is 0. The van der Waals surface area contributed by atoms with Crippen molar-refractivity contribution in [2.24, 2.45) is 5.29 Å². The number of anilines is 1. The predicted octanol–water partition coefficient (Wildman–Crippen LogP) is 1.78. The average Bonchev–Trinajstić information content (AvgIpc) is 1.91. The molecule has 1 aromatic rings. The van der Waals surface area contributed by atoms with E-state index >= 15 is 0 Å². The van der Waals surface area contributed by atoms with Crippen LogP contribution in [0.5, 0.6) is 0 Å². The molecule has 3 nitrogen and oxygen atoms in total. The van der Waals surface area contributed by atoms with E-state index in [-0.39, 0.29) is 17.1 Å². The van der Waals surface area contributed by atoms with Crippen molar-refractivity contribution in [2.75, 3.05) is 5.43 Å². The van der Waals surface area contributed by atoms with Crippen molar-refractivity contribution in [1.82, 2.24) is 0 Å². The van der Waals surface area contributed by atoms with E-state index in [1.165, 1.54) is 0 Å². The van der Waals surface area contributed by atoms with Crippen molar-refractivity contribution >= 4 is 5.69 Å². The van der Waals surface area contributed by atoms with E-state index in [9.17, 15) is 4.91 Å². The van der Waals surface area contributed by atoms with Gasteiger partial charge in [0, 0.05) is 17.1 Å². The van der Waals surface area contributed by atoms with Gasteiger partial charge in [0.05, 0.1) is 11.0 Å². The molecule has 0 heterocycles. The van der Waals surface area contributed by atoms with Gasteiger partial charge in [0.25, 0.3) is 0 Å². The Labute approximate surface area is 69.2 Å². The predicted molar refractivity (Wildman–Crippen MR) is 35.9 cm³/mol. The van der Waals surface area contributed by atoms with Crippen LogP contribution in [-0.2, 0) is 17.1 Å². The third kappa shape index (κ3) is 2.62. The zero-order chi connectivity index (χ0) is 6.53. The molecule has 1 rings (SSSR count). The summed E-state index contributed by atoms with van der Waals surface area (Å²) < 4.78 is 0. The van der Waals surface area contributed by atoms with Crippen LogP contribution in [0.25, 0.3) is 0 Å². The molecule has 0 fully saturated rings. The first kappa shape index (κ1) is 9.14. The van der Waals surface area contributed by atoms with Gasteiger partial charge in [-0.05, 0) is 12.1 Å².